The van der Waals surface area contributed by atoms with Crippen molar-refractivity contribution in [3.8, 4) is 0 Å². The van der Waals surface area contributed by atoms with Gasteiger partial charge in [0, 0.05) is 0 Å². The molecule has 0 aromatic heterocycles. The van der Waals surface area contributed by atoms with Crippen molar-refractivity contribution in [3.63, 3.8) is 0 Å². The summed E-state index contributed by atoms with van der Waals surface area (Å²) in [7, 11) is -4.28. The number of aryl methyl sites for hydroxylation is 1. The second-order valence-corrected chi connectivity index (χ2v) is 8.00. The van der Waals surface area contributed by atoms with Gasteiger partial charge >= 0.3 is 5.97 Å². The van der Waals surface area contributed by atoms with Gasteiger partial charge in [0.15, 0.2) is 0 Å². The molecule has 0 spiro atoms. The molecule has 2 rings (SSSR count). The second-order valence-electron chi connectivity index (χ2n) is 6.42. The molecule has 152 valence electrons. The highest BCUT2D eigenvalue weighted by Gasteiger charge is 2.26. The Hall–Kier alpha value is -2.45. The normalized spacial score (nSPS) is 12.5. The standard InChI is InChI=1S/C20H25NO6S/c1-3-7-15-11-10-14-8-5-6-9-16(14)18(15)19(22)21-17(20(23)27-4-2)12-13-28(24,25)26/h5-6,8-11,17H,3-4,7,12-13H2,1-2H3,(H,21,22)(H,24,25,26)/t17-/m0/s1. The minimum atomic E-state index is -4.28. The monoisotopic (exact) mass is 407 g/mol. The Morgan fingerprint density at radius 2 is 1.86 bits per heavy atom. The van der Waals surface area contributed by atoms with Gasteiger partial charge in [0.25, 0.3) is 16.0 Å². The number of fused-ring (bicyclic) bond motifs is 1. The van der Waals surface area contributed by atoms with Crippen LogP contribution in [-0.4, -0.2) is 43.2 Å². The maximum atomic E-state index is 13.1. The maximum absolute atomic E-state index is 13.1. The van der Waals surface area contributed by atoms with Gasteiger partial charge in [-0.05, 0) is 36.1 Å². The molecule has 28 heavy (non-hydrogen) atoms. The van der Waals surface area contributed by atoms with E-state index in [1.54, 1.807) is 6.92 Å². The maximum Gasteiger partial charge on any atom is 0.328 e. The first kappa shape index (κ1) is 21.8. The Balaban J connectivity index is 2.38. The molecule has 8 heteroatoms. The summed E-state index contributed by atoms with van der Waals surface area (Å²) in [4.78, 5) is 25.3. The van der Waals surface area contributed by atoms with Crippen molar-refractivity contribution in [2.75, 3.05) is 12.4 Å². The number of carbonyl (C=O) groups is 2. The van der Waals surface area contributed by atoms with Crippen molar-refractivity contribution < 1.29 is 27.3 Å². The summed E-state index contributed by atoms with van der Waals surface area (Å²) in [6.07, 6.45) is 1.24. The average molecular weight is 407 g/mol. The lowest BCUT2D eigenvalue weighted by molar-refractivity contribution is -0.145. The number of ether oxygens (including phenoxy) is 1. The molecule has 0 saturated heterocycles. The Kier molecular flexibility index (Phi) is 7.53. The molecular formula is C20H25NO6S. The van der Waals surface area contributed by atoms with Gasteiger partial charge in [-0.2, -0.15) is 8.42 Å². The van der Waals surface area contributed by atoms with E-state index in [1.807, 2.05) is 43.3 Å². The van der Waals surface area contributed by atoms with Crippen LogP contribution in [0.5, 0.6) is 0 Å². The van der Waals surface area contributed by atoms with Gasteiger partial charge in [0.2, 0.25) is 0 Å². The van der Waals surface area contributed by atoms with Crippen molar-refractivity contribution >= 4 is 32.8 Å². The Bertz CT molecular complexity index is 954. The first-order valence-corrected chi connectivity index (χ1v) is 10.8. The quantitative estimate of drug-likeness (QED) is 0.489. The molecule has 1 amide bonds. The fraction of sp³-hybridized carbons (Fsp3) is 0.400. The van der Waals surface area contributed by atoms with Crippen LogP contribution in [0.4, 0.5) is 0 Å². The lowest BCUT2D eigenvalue weighted by atomic mass is 9.95. The van der Waals surface area contributed by atoms with Crippen LogP contribution in [0, 0.1) is 0 Å². The molecule has 0 aliphatic rings. The summed E-state index contributed by atoms with van der Waals surface area (Å²) in [5, 5.41) is 4.23. The van der Waals surface area contributed by atoms with E-state index in [1.165, 1.54) is 0 Å². The SMILES string of the molecule is CCCc1ccc2ccccc2c1C(=O)N[C@@H](CCS(=O)(=O)O)C(=O)OCC. The van der Waals surface area contributed by atoms with E-state index in [0.717, 1.165) is 22.8 Å². The Labute approximate surface area is 164 Å². The molecule has 2 aromatic rings. The predicted octanol–water partition coefficient (Wildman–Crippen LogP) is 2.73. The zero-order valence-corrected chi connectivity index (χ0v) is 16.8. The molecule has 0 saturated carbocycles. The Morgan fingerprint density at radius 1 is 1.14 bits per heavy atom. The van der Waals surface area contributed by atoms with Gasteiger partial charge in [-0.15, -0.1) is 0 Å². The smallest absolute Gasteiger partial charge is 0.328 e. The van der Waals surface area contributed by atoms with Crippen molar-refractivity contribution in [2.45, 2.75) is 39.2 Å². The van der Waals surface area contributed by atoms with Gasteiger partial charge in [-0.3, -0.25) is 9.35 Å². The van der Waals surface area contributed by atoms with Gasteiger partial charge < -0.3 is 10.1 Å². The molecule has 0 bridgehead atoms. The molecule has 0 heterocycles. The van der Waals surface area contributed by atoms with Crippen LogP contribution >= 0.6 is 0 Å². The second kappa shape index (κ2) is 9.66. The largest absolute Gasteiger partial charge is 0.464 e. The van der Waals surface area contributed by atoms with Gasteiger partial charge in [-0.25, -0.2) is 4.79 Å². The first-order valence-electron chi connectivity index (χ1n) is 9.20. The number of benzene rings is 2. The molecule has 1 atom stereocenters. The third-order valence-electron chi connectivity index (χ3n) is 4.30. The van der Waals surface area contributed by atoms with Crippen molar-refractivity contribution in [3.05, 3.63) is 47.5 Å². The number of hydrogen-bond donors (Lipinski definition) is 2. The highest BCUT2D eigenvalue weighted by molar-refractivity contribution is 7.85. The predicted molar refractivity (Wildman–Crippen MR) is 107 cm³/mol. The molecule has 0 unspecified atom stereocenters. The molecule has 0 aliphatic carbocycles. The van der Waals surface area contributed by atoms with Crippen molar-refractivity contribution in [1.29, 1.82) is 0 Å². The fourth-order valence-corrected chi connectivity index (χ4v) is 3.59. The molecule has 2 N–H and O–H groups in total. The summed E-state index contributed by atoms with van der Waals surface area (Å²) in [5.74, 6) is -1.88. The van der Waals surface area contributed by atoms with Crippen molar-refractivity contribution in [2.24, 2.45) is 0 Å². The van der Waals surface area contributed by atoms with E-state index >= 15 is 0 Å². The lowest BCUT2D eigenvalue weighted by Crippen LogP contribution is -2.43. The molecule has 7 nitrogen and oxygen atoms in total. The van der Waals surface area contributed by atoms with Crippen LogP contribution in [0.3, 0.4) is 0 Å². The minimum absolute atomic E-state index is 0.0897. The molecular weight excluding hydrogens is 382 g/mol. The fourth-order valence-electron chi connectivity index (χ4n) is 3.05. The third kappa shape index (κ3) is 5.77. The highest BCUT2D eigenvalue weighted by Crippen LogP contribution is 2.24. The summed E-state index contributed by atoms with van der Waals surface area (Å²) >= 11 is 0. The van der Waals surface area contributed by atoms with E-state index in [2.05, 4.69) is 5.32 Å². The van der Waals surface area contributed by atoms with Crippen molar-refractivity contribution in [1.82, 2.24) is 5.32 Å². The summed E-state index contributed by atoms with van der Waals surface area (Å²) in [5.41, 5.74) is 1.30. The van der Waals surface area contributed by atoms with E-state index in [4.69, 9.17) is 9.29 Å². The van der Waals surface area contributed by atoms with Crippen LogP contribution in [0.1, 0.15) is 42.6 Å². The van der Waals surface area contributed by atoms with Gasteiger partial charge in [0.05, 0.1) is 17.9 Å². The number of amides is 1. The number of esters is 1. The van der Waals surface area contributed by atoms with E-state index in [0.29, 0.717) is 12.0 Å². The molecule has 0 radical (unpaired) electrons. The molecule has 0 aliphatic heterocycles. The van der Waals surface area contributed by atoms with Crippen LogP contribution in [0.25, 0.3) is 10.8 Å². The highest BCUT2D eigenvalue weighted by atomic mass is 32.2. The number of carbonyl (C=O) groups excluding carboxylic acids is 2. The topological polar surface area (TPSA) is 110 Å². The average Bonchev–Trinajstić information content (AvgIpc) is 2.64. The zero-order chi connectivity index (χ0) is 20.7. The third-order valence-corrected chi connectivity index (χ3v) is 5.05. The first-order chi connectivity index (χ1) is 13.3. The van der Waals surface area contributed by atoms with E-state index in [9.17, 15) is 18.0 Å². The number of rotatable bonds is 9. The van der Waals surface area contributed by atoms with Crippen LogP contribution in [0.15, 0.2) is 36.4 Å². The van der Waals surface area contributed by atoms with E-state index < -0.39 is 33.8 Å². The van der Waals surface area contributed by atoms with Gasteiger partial charge in [-0.1, -0.05) is 49.7 Å². The lowest BCUT2D eigenvalue weighted by Gasteiger charge is -2.19. The Morgan fingerprint density at radius 3 is 2.50 bits per heavy atom. The zero-order valence-electron chi connectivity index (χ0n) is 16.0. The summed E-state index contributed by atoms with van der Waals surface area (Å²) in [6.45, 7) is 3.71. The summed E-state index contributed by atoms with van der Waals surface area (Å²) < 4.78 is 36.1. The van der Waals surface area contributed by atoms with Gasteiger partial charge in [0.1, 0.15) is 6.04 Å². The van der Waals surface area contributed by atoms with E-state index in [-0.39, 0.29) is 13.0 Å². The molecule has 0 fully saturated rings. The number of nitrogens with one attached hydrogen (secondary N) is 1. The summed E-state index contributed by atoms with van der Waals surface area (Å²) in [6, 6.07) is 10.1. The van der Waals surface area contributed by atoms with Crippen LogP contribution < -0.4 is 5.32 Å². The minimum Gasteiger partial charge on any atom is -0.464 e. The number of hydrogen-bond acceptors (Lipinski definition) is 5. The molecule has 2 aromatic carbocycles. The van der Waals surface area contributed by atoms with Crippen LogP contribution in [0.2, 0.25) is 0 Å². The van der Waals surface area contributed by atoms with Crippen LogP contribution in [-0.2, 0) is 26.1 Å².